The van der Waals surface area contributed by atoms with E-state index >= 15 is 0 Å². The summed E-state index contributed by atoms with van der Waals surface area (Å²) in [7, 11) is 5.73. The SMILES string of the molecule is CN=C(NCC1(c2ccc(OC)cc2)CC1)N(C)CCC1CCOCC1. The van der Waals surface area contributed by atoms with Crippen LogP contribution in [0.1, 0.15) is 37.7 Å². The van der Waals surface area contributed by atoms with Gasteiger partial charge < -0.3 is 19.7 Å². The van der Waals surface area contributed by atoms with E-state index in [-0.39, 0.29) is 5.41 Å². The number of hydrogen-bond donors (Lipinski definition) is 1. The first kappa shape index (κ1) is 19.0. The standard InChI is InChI=1S/C21H33N3O2/c1-22-20(24(2)13-8-17-9-14-26-15-10-17)23-16-21(11-12-21)18-4-6-19(25-3)7-5-18/h4-7,17H,8-16H2,1-3H3,(H,22,23). The fraction of sp³-hybridized carbons (Fsp3) is 0.667. The van der Waals surface area contributed by atoms with E-state index in [1.807, 2.05) is 7.05 Å². The number of aliphatic imine (C=N–C) groups is 1. The molecule has 5 nitrogen and oxygen atoms in total. The van der Waals surface area contributed by atoms with Crippen LogP contribution >= 0.6 is 0 Å². The monoisotopic (exact) mass is 359 g/mol. The van der Waals surface area contributed by atoms with Gasteiger partial charge >= 0.3 is 0 Å². The van der Waals surface area contributed by atoms with E-state index in [2.05, 4.69) is 46.5 Å². The second-order valence-electron chi connectivity index (χ2n) is 7.68. The largest absolute Gasteiger partial charge is 0.497 e. The zero-order chi connectivity index (χ0) is 18.4. The zero-order valence-corrected chi connectivity index (χ0v) is 16.5. The summed E-state index contributed by atoms with van der Waals surface area (Å²) in [5.41, 5.74) is 1.65. The first-order valence-corrected chi connectivity index (χ1v) is 9.81. The van der Waals surface area contributed by atoms with Crippen LogP contribution in [0.15, 0.2) is 29.3 Å². The van der Waals surface area contributed by atoms with Crippen LogP contribution in [-0.2, 0) is 10.2 Å². The minimum absolute atomic E-state index is 0.254. The van der Waals surface area contributed by atoms with Crippen molar-refractivity contribution in [2.45, 2.75) is 37.5 Å². The van der Waals surface area contributed by atoms with E-state index < -0.39 is 0 Å². The molecule has 0 atom stereocenters. The number of ether oxygens (including phenoxy) is 2. The first-order valence-electron chi connectivity index (χ1n) is 9.81. The number of nitrogens with one attached hydrogen (secondary N) is 1. The van der Waals surface area contributed by atoms with Gasteiger partial charge in [0.25, 0.3) is 0 Å². The van der Waals surface area contributed by atoms with Crippen LogP contribution in [0.25, 0.3) is 0 Å². The second-order valence-corrected chi connectivity index (χ2v) is 7.68. The zero-order valence-electron chi connectivity index (χ0n) is 16.5. The van der Waals surface area contributed by atoms with E-state index in [0.29, 0.717) is 0 Å². The van der Waals surface area contributed by atoms with Gasteiger partial charge in [-0.25, -0.2) is 0 Å². The Bertz CT molecular complexity index is 590. The van der Waals surface area contributed by atoms with Crippen molar-refractivity contribution < 1.29 is 9.47 Å². The molecule has 0 unspecified atom stereocenters. The minimum Gasteiger partial charge on any atom is -0.497 e. The molecule has 144 valence electrons. The topological polar surface area (TPSA) is 46.1 Å². The Balaban J connectivity index is 1.49. The van der Waals surface area contributed by atoms with E-state index in [1.54, 1.807) is 7.11 Å². The van der Waals surface area contributed by atoms with Crippen LogP contribution in [0.4, 0.5) is 0 Å². The van der Waals surface area contributed by atoms with Crippen molar-refractivity contribution in [2.24, 2.45) is 10.9 Å². The van der Waals surface area contributed by atoms with E-state index in [1.165, 1.54) is 37.7 Å². The van der Waals surface area contributed by atoms with Gasteiger partial charge in [-0.2, -0.15) is 0 Å². The summed E-state index contributed by atoms with van der Waals surface area (Å²) in [5.74, 6) is 2.70. The van der Waals surface area contributed by atoms with Gasteiger partial charge in [-0.3, -0.25) is 4.99 Å². The maximum atomic E-state index is 5.46. The summed E-state index contributed by atoms with van der Waals surface area (Å²) in [6.07, 6.45) is 6.06. The molecule has 2 fully saturated rings. The van der Waals surface area contributed by atoms with E-state index in [4.69, 9.17) is 9.47 Å². The van der Waals surface area contributed by atoms with Crippen molar-refractivity contribution >= 4 is 5.96 Å². The second kappa shape index (κ2) is 8.76. The molecule has 1 saturated carbocycles. The van der Waals surface area contributed by atoms with Gasteiger partial charge in [0, 0.05) is 45.8 Å². The fourth-order valence-electron chi connectivity index (χ4n) is 3.81. The molecule has 1 aliphatic heterocycles. The van der Waals surface area contributed by atoms with Gasteiger partial charge in [-0.1, -0.05) is 12.1 Å². The molecule has 0 radical (unpaired) electrons. The molecule has 1 heterocycles. The molecule has 2 aliphatic rings. The van der Waals surface area contributed by atoms with Gasteiger partial charge in [0.15, 0.2) is 5.96 Å². The van der Waals surface area contributed by atoms with Crippen LogP contribution < -0.4 is 10.1 Å². The predicted octanol–water partition coefficient (Wildman–Crippen LogP) is 3.05. The lowest BCUT2D eigenvalue weighted by Gasteiger charge is -2.28. The molecule has 1 aromatic rings. The van der Waals surface area contributed by atoms with Gasteiger partial charge in [0.2, 0.25) is 0 Å². The summed E-state index contributed by atoms with van der Waals surface area (Å²) in [6, 6.07) is 8.52. The number of methoxy groups -OCH3 is 1. The van der Waals surface area contributed by atoms with Crippen molar-refractivity contribution in [3.8, 4) is 5.75 Å². The van der Waals surface area contributed by atoms with Crippen LogP contribution in [0.2, 0.25) is 0 Å². The van der Waals surface area contributed by atoms with Gasteiger partial charge in [-0.05, 0) is 55.7 Å². The summed E-state index contributed by atoms with van der Waals surface area (Å²) >= 11 is 0. The smallest absolute Gasteiger partial charge is 0.193 e. The molecule has 5 heteroatoms. The molecular weight excluding hydrogens is 326 g/mol. The van der Waals surface area contributed by atoms with Crippen molar-refractivity contribution in [3.05, 3.63) is 29.8 Å². The molecule has 1 aromatic carbocycles. The van der Waals surface area contributed by atoms with Crippen molar-refractivity contribution in [2.75, 3.05) is 47.5 Å². The molecule has 0 spiro atoms. The number of benzene rings is 1. The first-order chi connectivity index (χ1) is 12.7. The van der Waals surface area contributed by atoms with Crippen LogP contribution in [0.5, 0.6) is 5.75 Å². The highest BCUT2D eigenvalue weighted by Gasteiger charge is 2.44. The Morgan fingerprint density at radius 2 is 1.96 bits per heavy atom. The van der Waals surface area contributed by atoms with Crippen LogP contribution in [-0.4, -0.2) is 58.4 Å². The number of rotatable bonds is 7. The highest BCUT2D eigenvalue weighted by Crippen LogP contribution is 2.47. The van der Waals surface area contributed by atoms with Crippen molar-refractivity contribution in [1.29, 1.82) is 0 Å². The van der Waals surface area contributed by atoms with Gasteiger partial charge in [-0.15, -0.1) is 0 Å². The molecular formula is C21H33N3O2. The van der Waals surface area contributed by atoms with Crippen LogP contribution in [0, 0.1) is 5.92 Å². The molecule has 0 amide bonds. The molecule has 26 heavy (non-hydrogen) atoms. The molecule has 1 aliphatic carbocycles. The number of guanidine groups is 1. The fourth-order valence-corrected chi connectivity index (χ4v) is 3.81. The van der Waals surface area contributed by atoms with E-state index in [0.717, 1.165) is 43.9 Å². The average molecular weight is 360 g/mol. The Morgan fingerprint density at radius 3 is 2.54 bits per heavy atom. The highest BCUT2D eigenvalue weighted by molar-refractivity contribution is 5.79. The maximum absolute atomic E-state index is 5.46. The molecule has 1 saturated heterocycles. The van der Waals surface area contributed by atoms with Gasteiger partial charge in [0.05, 0.1) is 7.11 Å². The number of nitrogens with zero attached hydrogens (tertiary/aromatic N) is 2. The Hall–Kier alpha value is -1.75. The lowest BCUT2D eigenvalue weighted by Crippen LogP contribution is -2.43. The molecule has 0 bridgehead atoms. The third-order valence-electron chi connectivity index (χ3n) is 5.93. The summed E-state index contributed by atoms with van der Waals surface area (Å²) in [5, 5.41) is 3.61. The highest BCUT2D eigenvalue weighted by atomic mass is 16.5. The summed E-state index contributed by atoms with van der Waals surface area (Å²) < 4.78 is 10.7. The third-order valence-corrected chi connectivity index (χ3v) is 5.93. The predicted molar refractivity (Wildman–Crippen MR) is 106 cm³/mol. The lowest BCUT2D eigenvalue weighted by molar-refractivity contribution is 0.0625. The maximum Gasteiger partial charge on any atom is 0.193 e. The van der Waals surface area contributed by atoms with Crippen molar-refractivity contribution in [1.82, 2.24) is 10.2 Å². The molecule has 3 rings (SSSR count). The Labute approximate surface area is 157 Å². The summed E-state index contributed by atoms with van der Waals surface area (Å²) in [4.78, 5) is 6.75. The third kappa shape index (κ3) is 4.70. The van der Waals surface area contributed by atoms with Gasteiger partial charge in [0.1, 0.15) is 5.75 Å². The normalized spacial score (nSPS) is 19.9. The van der Waals surface area contributed by atoms with Crippen LogP contribution in [0.3, 0.4) is 0 Å². The van der Waals surface area contributed by atoms with Crippen molar-refractivity contribution in [3.63, 3.8) is 0 Å². The Kier molecular flexibility index (Phi) is 6.41. The quantitative estimate of drug-likeness (QED) is 0.600. The molecule has 0 aromatic heterocycles. The summed E-state index contributed by atoms with van der Waals surface area (Å²) in [6.45, 7) is 3.82. The number of hydrogen-bond acceptors (Lipinski definition) is 3. The minimum atomic E-state index is 0.254. The Morgan fingerprint density at radius 1 is 1.27 bits per heavy atom. The molecule has 1 N–H and O–H groups in total. The van der Waals surface area contributed by atoms with E-state index in [9.17, 15) is 0 Å². The lowest BCUT2D eigenvalue weighted by atomic mass is 9.96. The average Bonchev–Trinajstić information content (AvgIpc) is 3.49.